The van der Waals surface area contributed by atoms with Crippen LogP contribution >= 0.6 is 0 Å². The van der Waals surface area contributed by atoms with Gasteiger partial charge in [-0.15, -0.1) is 0 Å². The van der Waals surface area contributed by atoms with Gasteiger partial charge in [0.05, 0.1) is 5.69 Å². The van der Waals surface area contributed by atoms with Crippen LogP contribution in [0.5, 0.6) is 0 Å². The highest BCUT2D eigenvalue weighted by Gasteiger charge is 2.27. The van der Waals surface area contributed by atoms with Crippen molar-refractivity contribution in [1.29, 1.82) is 0 Å². The van der Waals surface area contributed by atoms with Crippen molar-refractivity contribution < 1.29 is 4.79 Å². The second-order valence-corrected chi connectivity index (χ2v) is 5.54. The quantitative estimate of drug-likeness (QED) is 0.821. The van der Waals surface area contributed by atoms with Crippen LogP contribution in [0.15, 0.2) is 6.07 Å². The molecule has 0 spiro atoms. The third-order valence-corrected chi connectivity index (χ3v) is 4.06. The van der Waals surface area contributed by atoms with E-state index in [1.165, 1.54) is 5.69 Å². The average molecular weight is 248 g/mol. The molecule has 0 saturated heterocycles. The molecule has 3 heteroatoms. The minimum atomic E-state index is 0.223. The lowest BCUT2D eigenvalue weighted by Gasteiger charge is -2.25. The molecule has 1 aliphatic rings. The molecule has 0 amide bonds. The molecule has 0 aliphatic heterocycles. The Morgan fingerprint density at radius 1 is 1.44 bits per heavy atom. The molecule has 2 unspecified atom stereocenters. The number of carbonyl (C=O) groups excluding carboxylic acids is 1. The zero-order valence-corrected chi connectivity index (χ0v) is 11.8. The summed E-state index contributed by atoms with van der Waals surface area (Å²) < 4.78 is 2.06. The number of nitrogens with zero attached hydrogens (tertiary/aromatic N) is 2. The molecule has 0 aromatic carbocycles. The molecule has 0 N–H and O–H groups in total. The highest BCUT2D eigenvalue weighted by Crippen LogP contribution is 2.28. The number of rotatable bonds is 4. The highest BCUT2D eigenvalue weighted by molar-refractivity contribution is 5.81. The normalized spacial score (nSPS) is 24.5. The predicted octanol–water partition coefficient (Wildman–Crippen LogP) is 3.01. The predicted molar refractivity (Wildman–Crippen MR) is 72.5 cm³/mol. The summed E-state index contributed by atoms with van der Waals surface area (Å²) >= 11 is 0. The van der Waals surface area contributed by atoms with E-state index in [2.05, 4.69) is 36.6 Å². The van der Waals surface area contributed by atoms with Crippen LogP contribution in [0.25, 0.3) is 0 Å². The van der Waals surface area contributed by atoms with E-state index in [4.69, 9.17) is 0 Å². The van der Waals surface area contributed by atoms with Gasteiger partial charge in [-0.2, -0.15) is 5.10 Å². The number of aromatic nitrogens is 2. The standard InChI is InChI=1S/C15H24N2O/c1-4-13-10-14(17(5-2)16-13)9-12-8-11(3)6-7-15(12)18/h10-12H,4-9H2,1-3H3. The maximum atomic E-state index is 12.0. The van der Waals surface area contributed by atoms with Gasteiger partial charge in [-0.25, -0.2) is 0 Å². The molecule has 2 rings (SSSR count). The Kier molecular flexibility index (Phi) is 4.20. The molecule has 1 saturated carbocycles. The minimum absolute atomic E-state index is 0.223. The first-order chi connectivity index (χ1) is 8.63. The zero-order chi connectivity index (χ0) is 13.1. The smallest absolute Gasteiger partial charge is 0.136 e. The molecule has 1 aromatic heterocycles. The van der Waals surface area contributed by atoms with E-state index in [0.717, 1.165) is 44.3 Å². The van der Waals surface area contributed by atoms with Gasteiger partial charge in [0.1, 0.15) is 5.78 Å². The summed E-state index contributed by atoms with van der Waals surface area (Å²) in [4.78, 5) is 12.0. The van der Waals surface area contributed by atoms with Gasteiger partial charge >= 0.3 is 0 Å². The summed E-state index contributed by atoms with van der Waals surface area (Å²) in [6, 6.07) is 2.18. The average Bonchev–Trinajstić information content (AvgIpc) is 2.76. The van der Waals surface area contributed by atoms with Crippen molar-refractivity contribution in [1.82, 2.24) is 9.78 Å². The maximum absolute atomic E-state index is 12.0. The number of hydrogen-bond acceptors (Lipinski definition) is 2. The minimum Gasteiger partial charge on any atom is -0.299 e. The summed E-state index contributed by atoms with van der Waals surface area (Å²) in [7, 11) is 0. The van der Waals surface area contributed by atoms with E-state index >= 15 is 0 Å². The Morgan fingerprint density at radius 2 is 2.22 bits per heavy atom. The number of hydrogen-bond donors (Lipinski definition) is 0. The van der Waals surface area contributed by atoms with E-state index < -0.39 is 0 Å². The Morgan fingerprint density at radius 3 is 2.89 bits per heavy atom. The number of Topliss-reactive ketones (excluding diaryl/α,β-unsaturated/α-hetero) is 1. The van der Waals surface area contributed by atoms with Crippen molar-refractivity contribution >= 4 is 5.78 Å². The van der Waals surface area contributed by atoms with Crippen molar-refractivity contribution in [2.75, 3.05) is 0 Å². The van der Waals surface area contributed by atoms with E-state index in [9.17, 15) is 4.79 Å². The fraction of sp³-hybridized carbons (Fsp3) is 0.733. The van der Waals surface area contributed by atoms with Gasteiger partial charge in [-0.1, -0.05) is 13.8 Å². The molecule has 1 fully saturated rings. The first kappa shape index (κ1) is 13.3. The molecule has 3 nitrogen and oxygen atoms in total. The molecular weight excluding hydrogens is 224 g/mol. The molecule has 1 aromatic rings. The summed E-state index contributed by atoms with van der Waals surface area (Å²) in [6.07, 6.45) is 4.74. The zero-order valence-electron chi connectivity index (χ0n) is 11.8. The van der Waals surface area contributed by atoms with Crippen molar-refractivity contribution in [3.8, 4) is 0 Å². The van der Waals surface area contributed by atoms with Crippen LogP contribution in [0, 0.1) is 11.8 Å². The fourth-order valence-electron chi connectivity index (χ4n) is 2.90. The van der Waals surface area contributed by atoms with E-state index in [0.29, 0.717) is 11.7 Å². The summed E-state index contributed by atoms with van der Waals surface area (Å²) in [6.45, 7) is 7.39. The van der Waals surface area contributed by atoms with Crippen LogP contribution in [0.3, 0.4) is 0 Å². The SMILES string of the molecule is CCc1cc(CC2CC(C)CCC2=O)n(CC)n1. The largest absolute Gasteiger partial charge is 0.299 e. The Bertz CT molecular complexity index is 422. The maximum Gasteiger partial charge on any atom is 0.136 e. The van der Waals surface area contributed by atoms with Crippen LogP contribution in [0.1, 0.15) is 51.4 Å². The van der Waals surface area contributed by atoms with E-state index in [1.807, 2.05) is 0 Å². The summed E-state index contributed by atoms with van der Waals surface area (Å²) in [5.41, 5.74) is 2.38. The third kappa shape index (κ3) is 2.82. The van der Waals surface area contributed by atoms with E-state index in [1.54, 1.807) is 0 Å². The van der Waals surface area contributed by atoms with E-state index in [-0.39, 0.29) is 5.92 Å². The highest BCUT2D eigenvalue weighted by atomic mass is 16.1. The van der Waals surface area contributed by atoms with Gasteiger partial charge in [0.25, 0.3) is 0 Å². The lowest BCUT2D eigenvalue weighted by molar-refractivity contribution is -0.125. The van der Waals surface area contributed by atoms with Crippen LogP contribution in [0.2, 0.25) is 0 Å². The lowest BCUT2D eigenvalue weighted by atomic mass is 9.79. The Hall–Kier alpha value is -1.12. The van der Waals surface area contributed by atoms with Crippen LogP contribution in [0.4, 0.5) is 0 Å². The molecule has 1 aliphatic carbocycles. The number of aryl methyl sites for hydroxylation is 2. The van der Waals surface area contributed by atoms with Gasteiger partial charge in [0.2, 0.25) is 0 Å². The van der Waals surface area contributed by atoms with Crippen LogP contribution in [-0.4, -0.2) is 15.6 Å². The Balaban J connectivity index is 2.12. The molecule has 18 heavy (non-hydrogen) atoms. The second-order valence-electron chi connectivity index (χ2n) is 5.54. The summed E-state index contributed by atoms with van der Waals surface area (Å²) in [5.74, 6) is 1.37. The molecular formula is C15H24N2O. The Labute approximate surface area is 110 Å². The van der Waals surface area contributed by atoms with Gasteiger partial charge in [0.15, 0.2) is 0 Å². The van der Waals surface area contributed by atoms with Crippen molar-refractivity contribution in [2.45, 2.75) is 59.4 Å². The van der Waals surface area contributed by atoms with Crippen LogP contribution in [-0.2, 0) is 24.2 Å². The fourth-order valence-corrected chi connectivity index (χ4v) is 2.90. The van der Waals surface area contributed by atoms with Crippen molar-refractivity contribution in [3.05, 3.63) is 17.5 Å². The molecule has 1 heterocycles. The molecule has 2 atom stereocenters. The van der Waals surface area contributed by atoms with Gasteiger partial charge < -0.3 is 0 Å². The first-order valence-corrected chi connectivity index (χ1v) is 7.22. The van der Waals surface area contributed by atoms with Gasteiger partial charge in [-0.05, 0) is 44.6 Å². The van der Waals surface area contributed by atoms with Gasteiger partial charge in [0, 0.05) is 24.6 Å². The van der Waals surface area contributed by atoms with Crippen molar-refractivity contribution in [3.63, 3.8) is 0 Å². The summed E-state index contributed by atoms with van der Waals surface area (Å²) in [5, 5.41) is 4.56. The molecule has 0 bridgehead atoms. The third-order valence-electron chi connectivity index (χ3n) is 4.06. The van der Waals surface area contributed by atoms with Crippen molar-refractivity contribution in [2.24, 2.45) is 11.8 Å². The number of carbonyl (C=O) groups is 1. The molecule has 0 radical (unpaired) electrons. The lowest BCUT2D eigenvalue weighted by Crippen LogP contribution is -2.26. The van der Waals surface area contributed by atoms with Gasteiger partial charge in [-0.3, -0.25) is 9.48 Å². The van der Waals surface area contributed by atoms with Crippen LogP contribution < -0.4 is 0 Å². The topological polar surface area (TPSA) is 34.9 Å². The monoisotopic (exact) mass is 248 g/mol. The first-order valence-electron chi connectivity index (χ1n) is 7.22. The second kappa shape index (κ2) is 5.68. The molecule has 100 valence electrons. The number of ketones is 1.